The highest BCUT2D eigenvalue weighted by molar-refractivity contribution is 5.21. The van der Waals surface area contributed by atoms with Crippen molar-refractivity contribution in [1.29, 1.82) is 0 Å². The number of nitrogens with zero attached hydrogens (tertiary/aromatic N) is 1. The van der Waals surface area contributed by atoms with Gasteiger partial charge in [0, 0.05) is 18.5 Å². The quantitative estimate of drug-likeness (QED) is 0.696. The van der Waals surface area contributed by atoms with E-state index in [0.717, 1.165) is 19.8 Å². The van der Waals surface area contributed by atoms with E-state index in [0.29, 0.717) is 12.0 Å². The normalized spacial score (nSPS) is 28.7. The minimum atomic E-state index is 0.499. The Labute approximate surface area is 91.9 Å². The van der Waals surface area contributed by atoms with Gasteiger partial charge in [0.25, 0.3) is 0 Å². The SMILES string of the molecule is CC1C(c2ccccc2)COCCN1C. The fourth-order valence-electron chi connectivity index (χ4n) is 2.14. The zero-order valence-corrected chi connectivity index (χ0v) is 9.52. The van der Waals surface area contributed by atoms with Crippen LogP contribution in [0.1, 0.15) is 18.4 Å². The Kier molecular flexibility index (Phi) is 3.39. The first-order valence-corrected chi connectivity index (χ1v) is 5.62. The molecule has 15 heavy (non-hydrogen) atoms. The molecule has 0 amide bonds. The highest BCUT2D eigenvalue weighted by Gasteiger charge is 2.25. The second-order valence-electron chi connectivity index (χ2n) is 4.31. The molecule has 1 fully saturated rings. The maximum atomic E-state index is 5.66. The number of likely N-dealkylation sites (N-methyl/N-ethyl adjacent to an activating group) is 1. The van der Waals surface area contributed by atoms with Crippen molar-refractivity contribution in [2.45, 2.75) is 18.9 Å². The average Bonchev–Trinajstić information content (AvgIpc) is 2.44. The van der Waals surface area contributed by atoms with E-state index >= 15 is 0 Å². The smallest absolute Gasteiger partial charge is 0.0593 e. The molecule has 2 rings (SSSR count). The second-order valence-corrected chi connectivity index (χ2v) is 4.31. The molecule has 1 aromatic carbocycles. The molecule has 1 heterocycles. The van der Waals surface area contributed by atoms with Gasteiger partial charge >= 0.3 is 0 Å². The molecule has 1 aromatic rings. The third-order valence-electron chi connectivity index (χ3n) is 3.39. The van der Waals surface area contributed by atoms with Gasteiger partial charge in [-0.3, -0.25) is 0 Å². The van der Waals surface area contributed by atoms with Gasteiger partial charge in [-0.2, -0.15) is 0 Å². The zero-order chi connectivity index (χ0) is 10.7. The summed E-state index contributed by atoms with van der Waals surface area (Å²) in [6.07, 6.45) is 0. The molecule has 0 N–H and O–H groups in total. The third kappa shape index (κ3) is 2.39. The molecular weight excluding hydrogens is 186 g/mol. The van der Waals surface area contributed by atoms with Crippen molar-refractivity contribution in [3.8, 4) is 0 Å². The first-order chi connectivity index (χ1) is 7.29. The maximum Gasteiger partial charge on any atom is 0.0593 e. The summed E-state index contributed by atoms with van der Waals surface area (Å²) in [6.45, 7) is 5.01. The monoisotopic (exact) mass is 205 g/mol. The lowest BCUT2D eigenvalue weighted by atomic mass is 9.93. The van der Waals surface area contributed by atoms with Crippen LogP contribution in [0.15, 0.2) is 30.3 Å². The van der Waals surface area contributed by atoms with Gasteiger partial charge in [-0.1, -0.05) is 30.3 Å². The van der Waals surface area contributed by atoms with Gasteiger partial charge in [-0.15, -0.1) is 0 Å². The Balaban J connectivity index is 2.19. The standard InChI is InChI=1S/C13H19NO/c1-11-13(10-15-9-8-14(11)2)12-6-4-3-5-7-12/h3-7,11,13H,8-10H2,1-2H3. The fraction of sp³-hybridized carbons (Fsp3) is 0.538. The van der Waals surface area contributed by atoms with Crippen LogP contribution in [0, 0.1) is 0 Å². The van der Waals surface area contributed by atoms with Gasteiger partial charge < -0.3 is 9.64 Å². The van der Waals surface area contributed by atoms with E-state index in [-0.39, 0.29) is 0 Å². The lowest BCUT2D eigenvalue weighted by Gasteiger charge is -2.28. The average molecular weight is 205 g/mol. The van der Waals surface area contributed by atoms with Crippen molar-refractivity contribution in [2.24, 2.45) is 0 Å². The molecule has 0 saturated carbocycles. The molecule has 2 nitrogen and oxygen atoms in total. The molecule has 2 unspecified atom stereocenters. The van der Waals surface area contributed by atoms with Gasteiger partial charge in [-0.25, -0.2) is 0 Å². The molecule has 2 heteroatoms. The highest BCUT2D eigenvalue weighted by Crippen LogP contribution is 2.24. The van der Waals surface area contributed by atoms with Crippen molar-refractivity contribution >= 4 is 0 Å². The Morgan fingerprint density at radius 3 is 2.73 bits per heavy atom. The lowest BCUT2D eigenvalue weighted by Crippen LogP contribution is -2.34. The van der Waals surface area contributed by atoms with E-state index in [9.17, 15) is 0 Å². The Morgan fingerprint density at radius 1 is 1.27 bits per heavy atom. The maximum absolute atomic E-state index is 5.66. The van der Waals surface area contributed by atoms with Crippen LogP contribution < -0.4 is 0 Å². The molecule has 0 aliphatic carbocycles. The minimum absolute atomic E-state index is 0.499. The van der Waals surface area contributed by atoms with Crippen LogP contribution in [0.2, 0.25) is 0 Å². The summed E-state index contributed by atoms with van der Waals surface area (Å²) in [5.41, 5.74) is 1.39. The summed E-state index contributed by atoms with van der Waals surface area (Å²) >= 11 is 0. The molecule has 0 radical (unpaired) electrons. The number of benzene rings is 1. The Bertz CT molecular complexity index is 299. The van der Waals surface area contributed by atoms with E-state index in [1.165, 1.54) is 5.56 Å². The third-order valence-corrected chi connectivity index (χ3v) is 3.39. The van der Waals surface area contributed by atoms with Gasteiger partial charge in [0.1, 0.15) is 0 Å². The van der Waals surface area contributed by atoms with Crippen molar-refractivity contribution in [3.05, 3.63) is 35.9 Å². The van der Waals surface area contributed by atoms with Crippen LogP contribution in [-0.2, 0) is 4.74 Å². The van der Waals surface area contributed by atoms with Crippen LogP contribution >= 0.6 is 0 Å². The number of hydrogen-bond acceptors (Lipinski definition) is 2. The van der Waals surface area contributed by atoms with E-state index in [4.69, 9.17) is 4.74 Å². The number of hydrogen-bond donors (Lipinski definition) is 0. The second kappa shape index (κ2) is 4.77. The van der Waals surface area contributed by atoms with Gasteiger partial charge in [-0.05, 0) is 19.5 Å². The highest BCUT2D eigenvalue weighted by atomic mass is 16.5. The van der Waals surface area contributed by atoms with Crippen molar-refractivity contribution in [2.75, 3.05) is 26.8 Å². The van der Waals surface area contributed by atoms with Crippen LogP contribution in [0.3, 0.4) is 0 Å². The minimum Gasteiger partial charge on any atom is -0.379 e. The summed E-state index contributed by atoms with van der Waals surface area (Å²) in [5, 5.41) is 0. The van der Waals surface area contributed by atoms with Crippen molar-refractivity contribution < 1.29 is 4.74 Å². The van der Waals surface area contributed by atoms with E-state index < -0.39 is 0 Å². The molecule has 0 aromatic heterocycles. The summed E-state index contributed by atoms with van der Waals surface area (Å²) in [6, 6.07) is 11.2. The molecule has 1 aliphatic rings. The van der Waals surface area contributed by atoms with Crippen LogP contribution in [-0.4, -0.2) is 37.7 Å². The van der Waals surface area contributed by atoms with Gasteiger partial charge in [0.05, 0.1) is 13.2 Å². The molecular formula is C13H19NO. The zero-order valence-electron chi connectivity index (χ0n) is 9.52. The van der Waals surface area contributed by atoms with E-state index in [1.54, 1.807) is 0 Å². The van der Waals surface area contributed by atoms with Crippen LogP contribution in [0.25, 0.3) is 0 Å². The molecule has 0 bridgehead atoms. The molecule has 2 atom stereocenters. The van der Waals surface area contributed by atoms with E-state index in [2.05, 4.69) is 49.2 Å². The summed E-state index contributed by atoms with van der Waals surface area (Å²) in [5.74, 6) is 0.499. The summed E-state index contributed by atoms with van der Waals surface area (Å²) < 4.78 is 5.66. The predicted molar refractivity (Wildman–Crippen MR) is 62.1 cm³/mol. The molecule has 0 spiro atoms. The lowest BCUT2D eigenvalue weighted by molar-refractivity contribution is 0.136. The predicted octanol–water partition coefficient (Wildman–Crippen LogP) is 2.12. The van der Waals surface area contributed by atoms with Crippen molar-refractivity contribution in [1.82, 2.24) is 4.90 Å². The molecule has 1 aliphatic heterocycles. The van der Waals surface area contributed by atoms with Crippen LogP contribution in [0.5, 0.6) is 0 Å². The van der Waals surface area contributed by atoms with Crippen molar-refractivity contribution in [3.63, 3.8) is 0 Å². The topological polar surface area (TPSA) is 12.5 Å². The fourth-order valence-corrected chi connectivity index (χ4v) is 2.14. The first-order valence-electron chi connectivity index (χ1n) is 5.62. The number of ether oxygens (including phenoxy) is 1. The summed E-state index contributed by atoms with van der Waals surface area (Å²) in [7, 11) is 2.18. The Morgan fingerprint density at radius 2 is 2.00 bits per heavy atom. The van der Waals surface area contributed by atoms with Crippen LogP contribution in [0.4, 0.5) is 0 Å². The molecule has 1 saturated heterocycles. The largest absolute Gasteiger partial charge is 0.379 e. The van der Waals surface area contributed by atoms with Gasteiger partial charge in [0.15, 0.2) is 0 Å². The van der Waals surface area contributed by atoms with Gasteiger partial charge in [0.2, 0.25) is 0 Å². The Hall–Kier alpha value is -0.860. The summed E-state index contributed by atoms with van der Waals surface area (Å²) in [4.78, 5) is 2.38. The molecule has 82 valence electrons. The number of rotatable bonds is 1. The van der Waals surface area contributed by atoms with E-state index in [1.807, 2.05) is 0 Å². The first kappa shape index (κ1) is 10.7.